The number of hydrogen-bond donors (Lipinski definition) is 0. The number of nitrogens with zero attached hydrogens (tertiary/aromatic N) is 4. The maximum atomic E-state index is 12.5. The van der Waals surface area contributed by atoms with Crippen LogP contribution in [0.4, 0.5) is 16.3 Å². The summed E-state index contributed by atoms with van der Waals surface area (Å²) >= 11 is 7.12. The summed E-state index contributed by atoms with van der Waals surface area (Å²) in [5, 5.41) is 11.4. The highest BCUT2D eigenvalue weighted by molar-refractivity contribution is 7.98. The molecule has 9 nitrogen and oxygen atoms in total. The number of anilines is 1. The van der Waals surface area contributed by atoms with Crippen molar-refractivity contribution < 1.29 is 19.2 Å². The van der Waals surface area contributed by atoms with Gasteiger partial charge in [-0.2, -0.15) is 4.98 Å². The van der Waals surface area contributed by atoms with Crippen molar-refractivity contribution in [3.8, 4) is 5.75 Å². The van der Waals surface area contributed by atoms with E-state index >= 15 is 0 Å². The molecule has 0 radical (unpaired) electrons. The predicted molar refractivity (Wildman–Crippen MR) is 102 cm³/mol. The van der Waals surface area contributed by atoms with Crippen LogP contribution < -0.4 is 9.64 Å². The number of rotatable bonds is 7. The van der Waals surface area contributed by atoms with Crippen LogP contribution in [0.5, 0.6) is 5.75 Å². The number of ether oxygens (including phenoxy) is 2. The molecule has 1 heterocycles. The lowest BCUT2D eigenvalue weighted by molar-refractivity contribution is -0.384. The number of aromatic nitrogens is 2. The van der Waals surface area contributed by atoms with Crippen molar-refractivity contribution in [3.05, 3.63) is 45.1 Å². The number of amides is 1. The first-order valence-corrected chi connectivity index (χ1v) is 9.34. The van der Waals surface area contributed by atoms with Gasteiger partial charge >= 0.3 is 11.8 Å². The fraction of sp³-hybridized carbons (Fsp3) is 0.312. The van der Waals surface area contributed by atoms with E-state index in [1.807, 2.05) is 0 Å². The summed E-state index contributed by atoms with van der Waals surface area (Å²) in [5.41, 5.74) is 0.0996. The Bertz CT molecular complexity index is 852. The minimum absolute atomic E-state index is 0.0297. The largest absolute Gasteiger partial charge is 0.497 e. The van der Waals surface area contributed by atoms with Crippen LogP contribution in [0.1, 0.15) is 12.5 Å². The summed E-state index contributed by atoms with van der Waals surface area (Å²) in [5.74, 6) is 0.349. The maximum Gasteiger partial charge on any atom is 0.415 e. The molecule has 1 amide bonds. The van der Waals surface area contributed by atoms with Crippen LogP contribution in [-0.4, -0.2) is 41.0 Å². The molecule has 144 valence electrons. The monoisotopic (exact) mass is 412 g/mol. The van der Waals surface area contributed by atoms with Crippen molar-refractivity contribution >= 4 is 41.0 Å². The summed E-state index contributed by atoms with van der Waals surface area (Å²) in [4.78, 5) is 32.4. The van der Waals surface area contributed by atoms with Crippen LogP contribution in [0, 0.1) is 10.1 Å². The average Bonchev–Trinajstić information content (AvgIpc) is 2.65. The van der Waals surface area contributed by atoms with Crippen LogP contribution in [0.15, 0.2) is 29.4 Å². The summed E-state index contributed by atoms with van der Waals surface area (Å²) in [6, 6.07) is 6.94. The molecule has 0 unspecified atom stereocenters. The van der Waals surface area contributed by atoms with Gasteiger partial charge in [0.05, 0.1) is 25.2 Å². The van der Waals surface area contributed by atoms with Crippen molar-refractivity contribution in [2.24, 2.45) is 0 Å². The zero-order valence-electron chi connectivity index (χ0n) is 14.8. The Labute approximate surface area is 164 Å². The van der Waals surface area contributed by atoms with Crippen LogP contribution in [0.25, 0.3) is 0 Å². The molecule has 0 aliphatic carbocycles. The molecule has 0 fully saturated rings. The second-order valence-electron chi connectivity index (χ2n) is 5.07. The molecule has 2 rings (SSSR count). The lowest BCUT2D eigenvalue weighted by Gasteiger charge is -2.21. The van der Waals surface area contributed by atoms with Gasteiger partial charge in [0, 0.05) is 0 Å². The van der Waals surface area contributed by atoms with Crippen LogP contribution >= 0.6 is 23.4 Å². The Kier molecular flexibility index (Phi) is 7.19. The van der Waals surface area contributed by atoms with Gasteiger partial charge in [0.2, 0.25) is 11.0 Å². The first-order valence-electron chi connectivity index (χ1n) is 7.74. The van der Waals surface area contributed by atoms with Gasteiger partial charge in [-0.25, -0.2) is 9.78 Å². The number of thioether (sulfide) groups is 1. The predicted octanol–water partition coefficient (Wildman–Crippen LogP) is 3.93. The molecule has 11 heteroatoms. The third-order valence-electron chi connectivity index (χ3n) is 3.39. The van der Waals surface area contributed by atoms with E-state index in [2.05, 4.69) is 9.97 Å². The van der Waals surface area contributed by atoms with E-state index in [-0.39, 0.29) is 29.3 Å². The van der Waals surface area contributed by atoms with Crippen molar-refractivity contribution in [1.29, 1.82) is 0 Å². The number of methoxy groups -OCH3 is 1. The molecular weight excluding hydrogens is 396 g/mol. The van der Waals surface area contributed by atoms with Crippen molar-refractivity contribution in [3.63, 3.8) is 0 Å². The molecule has 2 aromatic rings. The average molecular weight is 413 g/mol. The number of halogens is 1. The maximum absolute atomic E-state index is 12.5. The van der Waals surface area contributed by atoms with E-state index in [1.165, 1.54) is 7.11 Å². The standard InChI is InChI=1S/C16H17ClN4O5S/c1-4-26-16(22)20(9-10-6-5-7-11(8-10)25-2)14-12(21(23)24)13(17)18-15(19-14)27-3/h5-8H,4,9H2,1-3H3. The SMILES string of the molecule is CCOC(=O)N(Cc1cccc(OC)c1)c1nc(SC)nc(Cl)c1[N+](=O)[O-]. The Hall–Kier alpha value is -2.59. The van der Waals surface area contributed by atoms with E-state index < -0.39 is 16.7 Å². The highest BCUT2D eigenvalue weighted by Gasteiger charge is 2.32. The zero-order chi connectivity index (χ0) is 20.0. The molecule has 0 saturated heterocycles. The highest BCUT2D eigenvalue weighted by Crippen LogP contribution is 2.35. The first-order chi connectivity index (χ1) is 12.9. The normalized spacial score (nSPS) is 10.4. The number of hydrogen-bond acceptors (Lipinski definition) is 8. The summed E-state index contributed by atoms with van der Waals surface area (Å²) in [7, 11) is 1.52. The third-order valence-corrected chi connectivity index (χ3v) is 4.20. The summed E-state index contributed by atoms with van der Waals surface area (Å²) in [6.07, 6.45) is 0.906. The van der Waals surface area contributed by atoms with Crippen molar-refractivity contribution in [1.82, 2.24) is 9.97 Å². The molecule has 1 aromatic heterocycles. The van der Waals surface area contributed by atoms with Gasteiger partial charge in [-0.3, -0.25) is 15.0 Å². The van der Waals surface area contributed by atoms with E-state index in [4.69, 9.17) is 21.1 Å². The smallest absolute Gasteiger partial charge is 0.415 e. The van der Waals surface area contributed by atoms with E-state index in [9.17, 15) is 14.9 Å². The second-order valence-corrected chi connectivity index (χ2v) is 6.20. The molecule has 0 saturated carbocycles. The van der Waals surface area contributed by atoms with Gasteiger partial charge in [-0.05, 0) is 30.9 Å². The number of nitro groups is 1. The molecule has 0 atom stereocenters. The van der Waals surface area contributed by atoms with E-state index in [1.54, 1.807) is 37.4 Å². The zero-order valence-corrected chi connectivity index (χ0v) is 16.4. The number of carbonyl (C=O) groups excluding carboxylic acids is 1. The van der Waals surface area contributed by atoms with Crippen LogP contribution in [0.2, 0.25) is 5.15 Å². The molecule has 0 N–H and O–H groups in total. The van der Waals surface area contributed by atoms with Gasteiger partial charge in [0.15, 0.2) is 5.16 Å². The van der Waals surface area contributed by atoms with Gasteiger partial charge < -0.3 is 9.47 Å². The van der Waals surface area contributed by atoms with Crippen molar-refractivity contribution in [2.75, 3.05) is 24.9 Å². The molecule has 0 aliphatic heterocycles. The third kappa shape index (κ3) is 4.98. The molecular formula is C16H17ClN4O5S. The van der Waals surface area contributed by atoms with Crippen molar-refractivity contribution in [2.45, 2.75) is 18.6 Å². The summed E-state index contributed by atoms with van der Waals surface area (Å²) < 4.78 is 10.2. The Morgan fingerprint density at radius 2 is 2.15 bits per heavy atom. The highest BCUT2D eigenvalue weighted by atomic mass is 35.5. The van der Waals surface area contributed by atoms with Gasteiger partial charge in [0.25, 0.3) is 0 Å². The molecule has 1 aromatic carbocycles. The van der Waals surface area contributed by atoms with Crippen LogP contribution in [0.3, 0.4) is 0 Å². The lowest BCUT2D eigenvalue weighted by Crippen LogP contribution is -2.32. The first kappa shape index (κ1) is 20.7. The molecule has 27 heavy (non-hydrogen) atoms. The second kappa shape index (κ2) is 9.38. The van der Waals surface area contributed by atoms with Gasteiger partial charge in [-0.1, -0.05) is 35.5 Å². The van der Waals surface area contributed by atoms with Gasteiger partial charge in [0.1, 0.15) is 5.75 Å². The van der Waals surface area contributed by atoms with E-state index in [0.717, 1.165) is 16.7 Å². The fourth-order valence-corrected chi connectivity index (χ4v) is 2.86. The number of benzene rings is 1. The Morgan fingerprint density at radius 1 is 1.41 bits per heavy atom. The minimum Gasteiger partial charge on any atom is -0.497 e. The Morgan fingerprint density at radius 3 is 2.74 bits per heavy atom. The summed E-state index contributed by atoms with van der Waals surface area (Å²) in [6.45, 7) is 1.70. The van der Waals surface area contributed by atoms with E-state index in [0.29, 0.717) is 11.3 Å². The lowest BCUT2D eigenvalue weighted by atomic mass is 10.2. The quantitative estimate of drug-likeness (QED) is 0.221. The topological polar surface area (TPSA) is 108 Å². The van der Waals surface area contributed by atoms with Crippen LogP contribution in [-0.2, 0) is 11.3 Å². The Balaban J connectivity index is 2.58. The minimum atomic E-state index is -0.787. The fourth-order valence-electron chi connectivity index (χ4n) is 2.21. The molecule has 0 aliphatic rings. The number of carbonyl (C=O) groups is 1. The van der Waals surface area contributed by atoms with Gasteiger partial charge in [-0.15, -0.1) is 0 Å². The molecule has 0 spiro atoms. The molecule has 0 bridgehead atoms.